The summed E-state index contributed by atoms with van der Waals surface area (Å²) >= 11 is 8.72. The van der Waals surface area contributed by atoms with E-state index in [1.54, 1.807) is 0 Å². The molecule has 3 rings (SSSR count). The fourth-order valence-electron chi connectivity index (χ4n) is 2.09. The number of halogens is 1. The van der Waals surface area contributed by atoms with E-state index in [9.17, 15) is 0 Å². The van der Waals surface area contributed by atoms with Gasteiger partial charge in [-0.2, -0.15) is 5.10 Å². The van der Waals surface area contributed by atoms with E-state index in [0.29, 0.717) is 11.2 Å². The van der Waals surface area contributed by atoms with Crippen LogP contribution in [0.25, 0.3) is 0 Å². The summed E-state index contributed by atoms with van der Waals surface area (Å²) in [5, 5.41) is 8.28. The van der Waals surface area contributed by atoms with Crippen LogP contribution in [-0.2, 0) is 0 Å². The molecule has 1 aliphatic carbocycles. The third-order valence-electron chi connectivity index (χ3n) is 3.27. The minimum atomic E-state index is 0.536. The molecule has 1 aliphatic heterocycles. The topological polar surface area (TPSA) is 45.7 Å². The number of fused-ring (bicyclic) bond motifs is 1. The highest BCUT2D eigenvalue weighted by Gasteiger charge is 2.22. The Kier molecular flexibility index (Phi) is 4.21. The van der Waals surface area contributed by atoms with Gasteiger partial charge >= 0.3 is 0 Å². The van der Waals surface area contributed by atoms with Gasteiger partial charge in [-0.1, -0.05) is 15.9 Å². The van der Waals surface area contributed by atoms with Gasteiger partial charge < -0.3 is 10.1 Å². The van der Waals surface area contributed by atoms with Crippen molar-refractivity contribution >= 4 is 39.0 Å². The van der Waals surface area contributed by atoms with Crippen LogP contribution in [0.4, 0.5) is 0 Å². The summed E-state index contributed by atoms with van der Waals surface area (Å²) in [5.74, 6) is 0.882. The van der Waals surface area contributed by atoms with Gasteiger partial charge in [0.05, 0.1) is 12.3 Å². The first-order valence-corrected chi connectivity index (χ1v) is 7.98. The maximum atomic E-state index is 5.74. The zero-order valence-electron chi connectivity index (χ0n) is 11.0. The molecule has 2 N–H and O–H groups in total. The molecule has 1 aromatic carbocycles. The molecule has 1 aromatic rings. The number of hydrogen-bond donors (Lipinski definition) is 2. The largest absolute Gasteiger partial charge is 0.493 e. The Hall–Kier alpha value is -1.14. The van der Waals surface area contributed by atoms with E-state index in [1.165, 1.54) is 12.8 Å². The number of nitrogens with one attached hydrogen (secondary N) is 2. The van der Waals surface area contributed by atoms with Crippen LogP contribution in [0.15, 0.2) is 27.8 Å². The predicted octanol–water partition coefficient (Wildman–Crippen LogP) is 2.95. The summed E-state index contributed by atoms with van der Waals surface area (Å²) in [6, 6.07) is 6.53. The molecular formula is C14H16BrN3OS. The van der Waals surface area contributed by atoms with Crippen molar-refractivity contribution < 1.29 is 4.74 Å². The fraction of sp³-hybridized carbons (Fsp3) is 0.429. The summed E-state index contributed by atoms with van der Waals surface area (Å²) < 4.78 is 6.76. The summed E-state index contributed by atoms with van der Waals surface area (Å²) in [5.41, 5.74) is 4.96. The van der Waals surface area contributed by atoms with Crippen molar-refractivity contribution in [2.45, 2.75) is 31.7 Å². The van der Waals surface area contributed by atoms with Gasteiger partial charge in [0.1, 0.15) is 5.75 Å². The van der Waals surface area contributed by atoms with Crippen molar-refractivity contribution in [3.8, 4) is 5.75 Å². The third-order valence-corrected chi connectivity index (χ3v) is 3.98. The first kappa shape index (κ1) is 13.8. The molecule has 0 aromatic heterocycles. The van der Waals surface area contributed by atoms with Crippen LogP contribution < -0.4 is 15.5 Å². The number of hydrazone groups is 1. The second-order valence-electron chi connectivity index (χ2n) is 5.01. The highest BCUT2D eigenvalue weighted by Crippen LogP contribution is 2.27. The Morgan fingerprint density at radius 2 is 2.25 bits per heavy atom. The summed E-state index contributed by atoms with van der Waals surface area (Å²) in [7, 11) is 0. The van der Waals surface area contributed by atoms with Gasteiger partial charge in [0.15, 0.2) is 5.11 Å². The van der Waals surface area contributed by atoms with E-state index in [2.05, 4.69) is 31.8 Å². The molecule has 2 aliphatic rings. The molecule has 0 saturated heterocycles. The zero-order chi connectivity index (χ0) is 13.9. The number of rotatable bonds is 2. The number of ether oxygens (including phenoxy) is 1. The molecule has 1 heterocycles. The maximum absolute atomic E-state index is 5.74. The maximum Gasteiger partial charge on any atom is 0.187 e. The van der Waals surface area contributed by atoms with Crippen LogP contribution in [-0.4, -0.2) is 23.5 Å². The van der Waals surface area contributed by atoms with Gasteiger partial charge in [-0.05, 0) is 56.1 Å². The fourth-order valence-corrected chi connectivity index (χ4v) is 2.66. The van der Waals surface area contributed by atoms with E-state index in [-0.39, 0.29) is 0 Å². The molecule has 20 heavy (non-hydrogen) atoms. The van der Waals surface area contributed by atoms with Crippen molar-refractivity contribution in [3.63, 3.8) is 0 Å². The summed E-state index contributed by atoms with van der Waals surface area (Å²) in [6.07, 6.45) is 4.22. The molecule has 0 spiro atoms. The van der Waals surface area contributed by atoms with Crippen LogP contribution in [0.5, 0.6) is 5.75 Å². The van der Waals surface area contributed by atoms with E-state index < -0.39 is 0 Å². The van der Waals surface area contributed by atoms with Crippen LogP contribution >= 0.6 is 28.1 Å². The normalized spacial score (nSPS) is 19.8. The molecule has 4 nitrogen and oxygen atoms in total. The molecule has 6 heteroatoms. The minimum absolute atomic E-state index is 0.536. The Morgan fingerprint density at radius 1 is 1.40 bits per heavy atom. The molecule has 106 valence electrons. The monoisotopic (exact) mass is 353 g/mol. The standard InChI is InChI=1S/C14H16BrN3OS/c15-9-3-6-13-11(8-9)12(2-1-7-19-13)17-18-14(20)16-10-4-5-10/h3,6,8,10H,1-2,4-5,7H2,(H2,16,18,20)/b17-12+. The molecule has 0 bridgehead atoms. The SMILES string of the molecule is S=C(N/N=C1\CCCOc2ccc(Br)cc21)NC1CC1. The third kappa shape index (κ3) is 3.49. The van der Waals surface area contributed by atoms with E-state index in [0.717, 1.165) is 40.9 Å². The molecule has 0 unspecified atom stereocenters. The number of benzene rings is 1. The summed E-state index contributed by atoms with van der Waals surface area (Å²) in [4.78, 5) is 0. The van der Waals surface area contributed by atoms with Gasteiger partial charge in [0.2, 0.25) is 0 Å². The first-order chi connectivity index (χ1) is 9.72. The Bertz CT molecular complexity index is 557. The molecule has 0 amide bonds. The van der Waals surface area contributed by atoms with Crippen LogP contribution in [0.3, 0.4) is 0 Å². The predicted molar refractivity (Wildman–Crippen MR) is 87.3 cm³/mol. The van der Waals surface area contributed by atoms with Crippen LogP contribution in [0.1, 0.15) is 31.2 Å². The van der Waals surface area contributed by atoms with Crippen molar-refractivity contribution in [2.75, 3.05) is 6.61 Å². The highest BCUT2D eigenvalue weighted by molar-refractivity contribution is 9.10. The zero-order valence-corrected chi connectivity index (χ0v) is 13.4. The minimum Gasteiger partial charge on any atom is -0.493 e. The van der Waals surface area contributed by atoms with Crippen molar-refractivity contribution in [2.24, 2.45) is 5.10 Å². The lowest BCUT2D eigenvalue weighted by Crippen LogP contribution is -2.34. The van der Waals surface area contributed by atoms with Gasteiger partial charge in [-0.3, -0.25) is 5.43 Å². The average Bonchev–Trinajstić information content (AvgIpc) is 3.24. The number of nitrogens with zero attached hydrogens (tertiary/aromatic N) is 1. The van der Waals surface area contributed by atoms with Gasteiger partial charge in [-0.25, -0.2) is 0 Å². The second-order valence-corrected chi connectivity index (χ2v) is 6.33. The van der Waals surface area contributed by atoms with E-state index >= 15 is 0 Å². The van der Waals surface area contributed by atoms with Crippen molar-refractivity contribution in [1.82, 2.24) is 10.7 Å². The molecule has 1 fully saturated rings. The first-order valence-electron chi connectivity index (χ1n) is 6.78. The second kappa shape index (κ2) is 6.10. The van der Waals surface area contributed by atoms with Gasteiger partial charge in [0.25, 0.3) is 0 Å². The van der Waals surface area contributed by atoms with Crippen LogP contribution in [0, 0.1) is 0 Å². The Balaban J connectivity index is 1.77. The highest BCUT2D eigenvalue weighted by atomic mass is 79.9. The quantitative estimate of drug-likeness (QED) is 0.633. The van der Waals surface area contributed by atoms with Crippen molar-refractivity contribution in [1.29, 1.82) is 0 Å². The molecule has 0 atom stereocenters. The van der Waals surface area contributed by atoms with Gasteiger partial charge in [0, 0.05) is 16.1 Å². The van der Waals surface area contributed by atoms with Crippen molar-refractivity contribution in [3.05, 3.63) is 28.2 Å². The Morgan fingerprint density at radius 3 is 3.05 bits per heavy atom. The molecular weight excluding hydrogens is 338 g/mol. The van der Waals surface area contributed by atoms with Crippen LogP contribution in [0.2, 0.25) is 0 Å². The number of thiocarbonyl (C=S) groups is 1. The molecule has 0 radical (unpaired) electrons. The lowest BCUT2D eigenvalue weighted by Gasteiger charge is -2.10. The van der Waals surface area contributed by atoms with E-state index in [4.69, 9.17) is 17.0 Å². The number of hydrogen-bond acceptors (Lipinski definition) is 3. The molecule has 1 saturated carbocycles. The lowest BCUT2D eigenvalue weighted by atomic mass is 10.1. The van der Waals surface area contributed by atoms with Gasteiger partial charge in [-0.15, -0.1) is 0 Å². The lowest BCUT2D eigenvalue weighted by molar-refractivity contribution is 0.318. The smallest absolute Gasteiger partial charge is 0.187 e. The average molecular weight is 354 g/mol. The summed E-state index contributed by atoms with van der Waals surface area (Å²) in [6.45, 7) is 0.721. The van der Waals surface area contributed by atoms with E-state index in [1.807, 2.05) is 18.2 Å². The Labute approximate surface area is 132 Å².